The molecule has 1 aromatic heterocycles. The smallest absolute Gasteiger partial charge is 0.129 e. The van der Waals surface area contributed by atoms with Gasteiger partial charge in [-0.3, -0.25) is 0 Å². The summed E-state index contributed by atoms with van der Waals surface area (Å²) in [5.74, 6) is 0. The fraction of sp³-hybridized carbons (Fsp3) is 0.615. The summed E-state index contributed by atoms with van der Waals surface area (Å²) in [5, 5.41) is 4.15. The standard InChI is InChI=1S/C13H19ClN2/c1-10(13(2)6-7-13)15-8-5-11-3-4-12(14)16-9-11/h3-4,9-10,15H,5-8H2,1-2H3. The van der Waals surface area contributed by atoms with Crippen LogP contribution in [0.15, 0.2) is 18.3 Å². The van der Waals surface area contributed by atoms with Crippen LogP contribution in [-0.2, 0) is 6.42 Å². The first-order valence-corrected chi connectivity index (χ1v) is 6.32. The number of hydrogen-bond donors (Lipinski definition) is 1. The molecule has 0 aromatic carbocycles. The van der Waals surface area contributed by atoms with Crippen LogP contribution in [0.25, 0.3) is 0 Å². The normalized spacial score (nSPS) is 19.4. The predicted octanol–water partition coefficient (Wildman–Crippen LogP) is 3.06. The van der Waals surface area contributed by atoms with Gasteiger partial charge in [0.25, 0.3) is 0 Å². The van der Waals surface area contributed by atoms with E-state index in [1.165, 1.54) is 18.4 Å². The van der Waals surface area contributed by atoms with Crippen molar-refractivity contribution in [3.8, 4) is 0 Å². The van der Waals surface area contributed by atoms with Crippen LogP contribution in [0.3, 0.4) is 0 Å². The average Bonchev–Trinajstić information content (AvgIpc) is 3.01. The highest BCUT2D eigenvalue weighted by Crippen LogP contribution is 2.47. The van der Waals surface area contributed by atoms with Gasteiger partial charge in [0, 0.05) is 12.2 Å². The van der Waals surface area contributed by atoms with Crippen LogP contribution in [0.1, 0.15) is 32.3 Å². The Bertz CT molecular complexity index is 343. The van der Waals surface area contributed by atoms with E-state index in [9.17, 15) is 0 Å². The topological polar surface area (TPSA) is 24.9 Å². The van der Waals surface area contributed by atoms with Crippen LogP contribution in [0.2, 0.25) is 5.15 Å². The number of aromatic nitrogens is 1. The van der Waals surface area contributed by atoms with Gasteiger partial charge in [-0.25, -0.2) is 4.98 Å². The van der Waals surface area contributed by atoms with Crippen LogP contribution in [0.5, 0.6) is 0 Å². The fourth-order valence-corrected chi connectivity index (χ4v) is 1.98. The molecule has 1 atom stereocenters. The minimum absolute atomic E-state index is 0.554. The van der Waals surface area contributed by atoms with E-state index in [0.717, 1.165) is 13.0 Å². The van der Waals surface area contributed by atoms with Crippen molar-refractivity contribution in [2.75, 3.05) is 6.54 Å². The second kappa shape index (κ2) is 4.72. The van der Waals surface area contributed by atoms with Crippen LogP contribution in [0.4, 0.5) is 0 Å². The summed E-state index contributed by atoms with van der Waals surface area (Å²) in [4.78, 5) is 4.08. The van der Waals surface area contributed by atoms with Crippen molar-refractivity contribution >= 4 is 11.6 Å². The minimum Gasteiger partial charge on any atom is -0.313 e. The lowest BCUT2D eigenvalue weighted by atomic mass is 10.0. The highest BCUT2D eigenvalue weighted by atomic mass is 35.5. The molecule has 0 bridgehead atoms. The molecule has 2 rings (SSSR count). The highest BCUT2D eigenvalue weighted by molar-refractivity contribution is 6.29. The summed E-state index contributed by atoms with van der Waals surface area (Å²) in [6, 6.07) is 4.51. The molecular formula is C13H19ClN2. The molecule has 16 heavy (non-hydrogen) atoms. The summed E-state index contributed by atoms with van der Waals surface area (Å²) in [5.41, 5.74) is 1.79. The largest absolute Gasteiger partial charge is 0.313 e. The van der Waals surface area contributed by atoms with Crippen LogP contribution < -0.4 is 5.32 Å². The van der Waals surface area contributed by atoms with Gasteiger partial charge in [0.15, 0.2) is 0 Å². The summed E-state index contributed by atoms with van der Waals surface area (Å²) in [6.07, 6.45) is 5.60. The Kier molecular flexibility index (Phi) is 3.50. The van der Waals surface area contributed by atoms with Crippen molar-refractivity contribution in [2.24, 2.45) is 5.41 Å². The zero-order chi connectivity index (χ0) is 11.6. The SMILES string of the molecule is CC(NCCc1ccc(Cl)nc1)C1(C)CC1. The van der Waals surface area contributed by atoms with Gasteiger partial charge in [0.2, 0.25) is 0 Å². The molecule has 1 aromatic rings. The van der Waals surface area contributed by atoms with E-state index in [0.29, 0.717) is 16.6 Å². The average molecular weight is 239 g/mol. The van der Waals surface area contributed by atoms with E-state index < -0.39 is 0 Å². The minimum atomic E-state index is 0.554. The molecular weight excluding hydrogens is 220 g/mol. The molecule has 3 heteroatoms. The van der Waals surface area contributed by atoms with Crippen LogP contribution in [-0.4, -0.2) is 17.6 Å². The van der Waals surface area contributed by atoms with Crippen molar-refractivity contribution in [3.05, 3.63) is 29.0 Å². The zero-order valence-corrected chi connectivity index (χ0v) is 10.7. The zero-order valence-electron chi connectivity index (χ0n) is 9.96. The van der Waals surface area contributed by atoms with E-state index in [4.69, 9.17) is 11.6 Å². The Labute approximate surface area is 102 Å². The maximum atomic E-state index is 5.74. The second-order valence-electron chi connectivity index (χ2n) is 5.07. The Morgan fingerprint density at radius 1 is 1.50 bits per heavy atom. The number of hydrogen-bond acceptors (Lipinski definition) is 2. The summed E-state index contributed by atoms with van der Waals surface area (Å²) in [6.45, 7) is 5.65. The summed E-state index contributed by atoms with van der Waals surface area (Å²) >= 11 is 5.74. The first-order chi connectivity index (χ1) is 7.60. The van der Waals surface area contributed by atoms with E-state index >= 15 is 0 Å². The molecule has 1 fully saturated rings. The Hall–Kier alpha value is -0.600. The second-order valence-corrected chi connectivity index (χ2v) is 5.46. The van der Waals surface area contributed by atoms with Gasteiger partial charge in [-0.05, 0) is 49.8 Å². The van der Waals surface area contributed by atoms with Crippen molar-refractivity contribution in [1.82, 2.24) is 10.3 Å². The molecule has 0 spiro atoms. The number of halogens is 1. The Balaban J connectivity index is 1.73. The van der Waals surface area contributed by atoms with E-state index in [2.05, 4.69) is 24.1 Å². The molecule has 0 amide bonds. The molecule has 1 heterocycles. The molecule has 1 saturated carbocycles. The van der Waals surface area contributed by atoms with Gasteiger partial charge in [-0.1, -0.05) is 24.6 Å². The van der Waals surface area contributed by atoms with E-state index in [1.54, 1.807) is 0 Å². The number of rotatable bonds is 5. The molecule has 1 N–H and O–H groups in total. The van der Waals surface area contributed by atoms with Gasteiger partial charge < -0.3 is 5.32 Å². The number of nitrogens with one attached hydrogen (secondary N) is 1. The monoisotopic (exact) mass is 238 g/mol. The van der Waals surface area contributed by atoms with Gasteiger partial charge in [-0.15, -0.1) is 0 Å². The number of pyridine rings is 1. The molecule has 0 aliphatic heterocycles. The quantitative estimate of drug-likeness (QED) is 0.798. The summed E-state index contributed by atoms with van der Waals surface area (Å²) in [7, 11) is 0. The molecule has 1 unspecified atom stereocenters. The molecule has 2 nitrogen and oxygen atoms in total. The Morgan fingerprint density at radius 2 is 2.25 bits per heavy atom. The van der Waals surface area contributed by atoms with Gasteiger partial charge >= 0.3 is 0 Å². The lowest BCUT2D eigenvalue weighted by Gasteiger charge is -2.20. The molecule has 0 radical (unpaired) electrons. The van der Waals surface area contributed by atoms with Crippen molar-refractivity contribution in [3.63, 3.8) is 0 Å². The van der Waals surface area contributed by atoms with Crippen LogP contribution >= 0.6 is 11.6 Å². The van der Waals surface area contributed by atoms with Crippen molar-refractivity contribution in [1.29, 1.82) is 0 Å². The molecule has 88 valence electrons. The summed E-state index contributed by atoms with van der Waals surface area (Å²) < 4.78 is 0. The first kappa shape index (κ1) is 11.9. The number of nitrogens with zero attached hydrogens (tertiary/aromatic N) is 1. The third-order valence-corrected chi connectivity index (χ3v) is 3.96. The maximum absolute atomic E-state index is 5.74. The maximum Gasteiger partial charge on any atom is 0.129 e. The lowest BCUT2D eigenvalue weighted by Crippen LogP contribution is -2.34. The van der Waals surface area contributed by atoms with Crippen molar-refractivity contribution in [2.45, 2.75) is 39.2 Å². The van der Waals surface area contributed by atoms with Crippen molar-refractivity contribution < 1.29 is 0 Å². The van der Waals surface area contributed by atoms with E-state index in [-0.39, 0.29) is 0 Å². The molecule has 0 saturated heterocycles. The third-order valence-electron chi connectivity index (χ3n) is 3.74. The molecule has 1 aliphatic rings. The van der Waals surface area contributed by atoms with Gasteiger partial charge in [0.05, 0.1) is 0 Å². The van der Waals surface area contributed by atoms with Gasteiger partial charge in [0.1, 0.15) is 5.15 Å². The lowest BCUT2D eigenvalue weighted by molar-refractivity contribution is 0.383. The first-order valence-electron chi connectivity index (χ1n) is 5.94. The van der Waals surface area contributed by atoms with Crippen LogP contribution in [0, 0.1) is 5.41 Å². The fourth-order valence-electron chi connectivity index (χ4n) is 1.86. The Morgan fingerprint density at radius 3 is 2.81 bits per heavy atom. The predicted molar refractivity (Wildman–Crippen MR) is 67.8 cm³/mol. The highest BCUT2D eigenvalue weighted by Gasteiger charge is 2.41. The third kappa shape index (κ3) is 2.96. The van der Waals surface area contributed by atoms with E-state index in [1.807, 2.05) is 18.3 Å². The molecule has 1 aliphatic carbocycles. The van der Waals surface area contributed by atoms with Gasteiger partial charge in [-0.2, -0.15) is 0 Å².